The van der Waals surface area contributed by atoms with Gasteiger partial charge in [-0.05, 0) is 24.3 Å². The highest BCUT2D eigenvalue weighted by Crippen LogP contribution is 2.13. The van der Waals surface area contributed by atoms with Crippen LogP contribution in [0, 0.1) is 0 Å². The zero-order chi connectivity index (χ0) is 11.6. The number of carbonyl (C=O) groups excluding carboxylic acids is 2. The normalized spacial score (nSPS) is 22.8. The van der Waals surface area contributed by atoms with Crippen LogP contribution < -0.4 is 0 Å². The predicted octanol–water partition coefficient (Wildman–Crippen LogP) is 2.95. The summed E-state index contributed by atoms with van der Waals surface area (Å²) in [5.74, 6) is 3.39. The molecule has 2 nitrogen and oxygen atoms in total. The lowest BCUT2D eigenvalue weighted by atomic mass is 10.2. The second-order valence-electron chi connectivity index (χ2n) is 4.13. The van der Waals surface area contributed by atoms with Gasteiger partial charge in [0, 0.05) is 0 Å². The minimum Gasteiger partial charge on any atom is -0.298 e. The van der Waals surface area contributed by atoms with E-state index in [1.165, 1.54) is 32.1 Å². The van der Waals surface area contributed by atoms with Crippen LogP contribution in [-0.2, 0) is 9.59 Å². The molecule has 0 spiro atoms. The maximum absolute atomic E-state index is 11.4. The Hall–Kier alpha value is 0.0400. The Bertz CT molecular complexity index is 207. The summed E-state index contributed by atoms with van der Waals surface area (Å²) in [4.78, 5) is 22.8. The van der Waals surface area contributed by atoms with Gasteiger partial charge in [-0.15, -0.1) is 0 Å². The Morgan fingerprint density at radius 2 is 1.12 bits per heavy atom. The molecular weight excluding hydrogens is 240 g/mol. The molecule has 0 aromatic carbocycles. The van der Waals surface area contributed by atoms with Gasteiger partial charge in [0.15, 0.2) is 0 Å². The first-order valence-corrected chi connectivity index (χ1v) is 8.29. The van der Waals surface area contributed by atoms with Crippen LogP contribution in [0.15, 0.2) is 0 Å². The van der Waals surface area contributed by atoms with E-state index in [1.807, 2.05) is 0 Å². The van der Waals surface area contributed by atoms with Crippen LogP contribution in [0.4, 0.5) is 0 Å². The van der Waals surface area contributed by atoms with E-state index in [9.17, 15) is 9.59 Å². The highest BCUT2D eigenvalue weighted by Gasteiger charge is 2.10. The molecule has 0 N–H and O–H groups in total. The third-order valence-electron chi connectivity index (χ3n) is 2.50. The summed E-state index contributed by atoms with van der Waals surface area (Å²) >= 11 is 3.36. The van der Waals surface area contributed by atoms with Gasteiger partial charge in [0.05, 0.1) is 17.9 Å². The molecule has 1 aliphatic rings. The Kier molecular flexibility index (Phi) is 8.03. The van der Waals surface area contributed by atoms with Gasteiger partial charge in [-0.3, -0.25) is 9.59 Å². The summed E-state index contributed by atoms with van der Waals surface area (Å²) in [6, 6.07) is 0. The average molecular weight is 260 g/mol. The van der Waals surface area contributed by atoms with Crippen molar-refractivity contribution >= 4 is 35.1 Å². The van der Waals surface area contributed by atoms with Crippen LogP contribution in [0.25, 0.3) is 0 Å². The molecule has 0 unspecified atom stereocenters. The molecule has 1 rings (SSSR count). The molecule has 92 valence electrons. The molecule has 1 fully saturated rings. The largest absolute Gasteiger partial charge is 0.298 e. The van der Waals surface area contributed by atoms with Crippen molar-refractivity contribution in [2.24, 2.45) is 0 Å². The van der Waals surface area contributed by atoms with Crippen molar-refractivity contribution in [1.29, 1.82) is 0 Å². The minimum absolute atomic E-state index is 0.104. The van der Waals surface area contributed by atoms with Crippen molar-refractivity contribution in [2.75, 3.05) is 23.0 Å². The molecule has 0 radical (unpaired) electrons. The number of Topliss-reactive ketones (excluding diaryl/α,β-unsaturated/α-hetero) is 2. The summed E-state index contributed by atoms with van der Waals surface area (Å²) in [5, 5.41) is 0. The molecular formula is C12H20O2S2. The highest BCUT2D eigenvalue weighted by atomic mass is 32.2. The fourth-order valence-electron chi connectivity index (χ4n) is 1.63. The predicted molar refractivity (Wildman–Crippen MR) is 72.4 cm³/mol. The molecule has 0 amide bonds. The van der Waals surface area contributed by atoms with Crippen LogP contribution in [0.5, 0.6) is 0 Å². The van der Waals surface area contributed by atoms with Crippen molar-refractivity contribution in [2.45, 2.75) is 38.5 Å². The van der Waals surface area contributed by atoms with Crippen molar-refractivity contribution in [3.63, 3.8) is 0 Å². The Morgan fingerprint density at radius 1 is 0.688 bits per heavy atom. The smallest absolute Gasteiger partial charge is 0.150 e. The van der Waals surface area contributed by atoms with Crippen LogP contribution in [0.1, 0.15) is 38.5 Å². The average Bonchev–Trinajstić information content (AvgIpc) is 2.25. The minimum atomic E-state index is 0.104. The van der Waals surface area contributed by atoms with Crippen LogP contribution >= 0.6 is 23.5 Å². The SMILES string of the molecule is O=C1CSCCCCCCCSCC(=O)C1. The summed E-state index contributed by atoms with van der Waals surface area (Å²) < 4.78 is 0. The van der Waals surface area contributed by atoms with E-state index in [1.54, 1.807) is 23.5 Å². The molecule has 16 heavy (non-hydrogen) atoms. The van der Waals surface area contributed by atoms with Gasteiger partial charge in [-0.1, -0.05) is 19.3 Å². The second-order valence-corrected chi connectivity index (χ2v) is 6.34. The van der Waals surface area contributed by atoms with Gasteiger partial charge in [-0.2, -0.15) is 23.5 Å². The molecule has 0 aliphatic carbocycles. The number of ketones is 2. The molecule has 1 heterocycles. The van der Waals surface area contributed by atoms with E-state index >= 15 is 0 Å². The quantitative estimate of drug-likeness (QED) is 0.627. The van der Waals surface area contributed by atoms with E-state index in [0.717, 1.165) is 11.5 Å². The summed E-state index contributed by atoms with van der Waals surface area (Å²) in [5.41, 5.74) is 0. The van der Waals surface area contributed by atoms with Crippen molar-refractivity contribution < 1.29 is 9.59 Å². The monoisotopic (exact) mass is 260 g/mol. The lowest BCUT2D eigenvalue weighted by Crippen LogP contribution is -2.12. The Balaban J connectivity index is 2.26. The maximum atomic E-state index is 11.4. The lowest BCUT2D eigenvalue weighted by Gasteiger charge is -2.05. The van der Waals surface area contributed by atoms with E-state index in [-0.39, 0.29) is 18.0 Å². The van der Waals surface area contributed by atoms with Gasteiger partial charge in [0.1, 0.15) is 11.6 Å². The highest BCUT2D eigenvalue weighted by molar-refractivity contribution is 8.00. The molecule has 4 heteroatoms. The van der Waals surface area contributed by atoms with E-state index in [4.69, 9.17) is 0 Å². The molecule has 0 aromatic heterocycles. The number of hydrogen-bond acceptors (Lipinski definition) is 4. The van der Waals surface area contributed by atoms with Gasteiger partial charge in [-0.25, -0.2) is 0 Å². The van der Waals surface area contributed by atoms with Gasteiger partial charge in [0.25, 0.3) is 0 Å². The molecule has 0 aromatic rings. The van der Waals surface area contributed by atoms with Crippen LogP contribution in [0.3, 0.4) is 0 Å². The van der Waals surface area contributed by atoms with Gasteiger partial charge in [0.2, 0.25) is 0 Å². The van der Waals surface area contributed by atoms with E-state index in [2.05, 4.69) is 0 Å². The number of hydrogen-bond donors (Lipinski definition) is 0. The zero-order valence-electron chi connectivity index (χ0n) is 9.70. The van der Waals surface area contributed by atoms with E-state index in [0.29, 0.717) is 11.5 Å². The molecule has 0 saturated carbocycles. The van der Waals surface area contributed by atoms with Crippen molar-refractivity contribution in [1.82, 2.24) is 0 Å². The third kappa shape index (κ3) is 7.34. The maximum Gasteiger partial charge on any atom is 0.150 e. The summed E-state index contributed by atoms with van der Waals surface area (Å²) in [7, 11) is 0. The molecule has 1 aliphatic heterocycles. The lowest BCUT2D eigenvalue weighted by molar-refractivity contribution is -0.124. The molecule has 0 bridgehead atoms. The van der Waals surface area contributed by atoms with Crippen molar-refractivity contribution in [3.8, 4) is 0 Å². The van der Waals surface area contributed by atoms with Gasteiger partial charge < -0.3 is 0 Å². The first kappa shape index (κ1) is 14.1. The molecule has 0 atom stereocenters. The Labute approximate surface area is 106 Å². The number of carbonyl (C=O) groups is 2. The summed E-state index contributed by atoms with van der Waals surface area (Å²) in [6.45, 7) is 0. The topological polar surface area (TPSA) is 34.1 Å². The number of rotatable bonds is 0. The van der Waals surface area contributed by atoms with Gasteiger partial charge >= 0.3 is 0 Å². The van der Waals surface area contributed by atoms with Crippen LogP contribution in [0.2, 0.25) is 0 Å². The Morgan fingerprint density at radius 3 is 1.62 bits per heavy atom. The standard InChI is InChI=1S/C12H20O2S2/c13-11-8-12(14)10-16-7-5-3-1-2-4-6-15-9-11/h1-10H2. The second kappa shape index (κ2) is 9.11. The molecule has 1 saturated heterocycles. The first-order valence-electron chi connectivity index (χ1n) is 5.98. The fourth-order valence-corrected chi connectivity index (χ4v) is 3.40. The fraction of sp³-hybridized carbons (Fsp3) is 0.833. The number of thioether (sulfide) groups is 2. The van der Waals surface area contributed by atoms with Crippen LogP contribution in [-0.4, -0.2) is 34.6 Å². The zero-order valence-corrected chi connectivity index (χ0v) is 11.3. The van der Waals surface area contributed by atoms with E-state index < -0.39 is 0 Å². The summed E-state index contributed by atoms with van der Waals surface area (Å²) in [6.07, 6.45) is 6.43. The van der Waals surface area contributed by atoms with Crippen molar-refractivity contribution in [3.05, 3.63) is 0 Å². The first-order chi connectivity index (χ1) is 7.79. The third-order valence-corrected chi connectivity index (χ3v) is 4.70.